The molecule has 2 aromatic rings. The van der Waals surface area contributed by atoms with Gasteiger partial charge in [0.15, 0.2) is 6.61 Å². The third-order valence-electron chi connectivity index (χ3n) is 4.23. The molecular weight excluding hydrogens is 380 g/mol. The molecule has 9 heteroatoms. The molecule has 1 heterocycles. The number of benzene rings is 1. The van der Waals surface area contributed by atoms with Crippen LogP contribution in [0.25, 0.3) is 11.0 Å². The first-order chi connectivity index (χ1) is 13.8. The van der Waals surface area contributed by atoms with E-state index in [1.54, 1.807) is 25.1 Å². The lowest BCUT2D eigenvalue weighted by Crippen LogP contribution is -2.41. The number of amides is 3. The minimum atomic E-state index is -0.734. The number of urea groups is 1. The van der Waals surface area contributed by atoms with E-state index < -0.39 is 30.1 Å². The Bertz CT molecular complexity index is 965. The summed E-state index contributed by atoms with van der Waals surface area (Å²) in [5.41, 5.74) is 0.928. The van der Waals surface area contributed by atoms with Gasteiger partial charge >= 0.3 is 17.6 Å². The van der Waals surface area contributed by atoms with Gasteiger partial charge in [0, 0.05) is 30.0 Å². The van der Waals surface area contributed by atoms with Crippen LogP contribution in [-0.2, 0) is 20.7 Å². The molecule has 9 nitrogen and oxygen atoms in total. The zero-order chi connectivity index (χ0) is 21.4. The predicted octanol–water partition coefficient (Wildman–Crippen LogP) is 1.82. The highest BCUT2D eigenvalue weighted by molar-refractivity contribution is 5.95. The number of rotatable bonds is 8. The SMILES string of the molecule is CCCNC(=O)NC(=O)COC(=O)CCc1c(C)c2ccc(OC)cc2oc1=O. The van der Waals surface area contributed by atoms with E-state index >= 15 is 0 Å². The summed E-state index contributed by atoms with van der Waals surface area (Å²) in [6, 6.07) is 4.51. The highest BCUT2D eigenvalue weighted by atomic mass is 16.5. The van der Waals surface area contributed by atoms with Crippen molar-refractivity contribution in [1.82, 2.24) is 10.6 Å². The number of carbonyl (C=O) groups is 3. The molecule has 0 aliphatic heterocycles. The van der Waals surface area contributed by atoms with Crippen LogP contribution in [-0.4, -0.2) is 38.2 Å². The molecule has 0 atom stereocenters. The molecule has 0 aliphatic rings. The quantitative estimate of drug-likeness (QED) is 0.508. The number of nitrogens with one attached hydrogen (secondary N) is 2. The molecule has 2 N–H and O–H groups in total. The second-order valence-electron chi connectivity index (χ2n) is 6.32. The van der Waals surface area contributed by atoms with E-state index in [4.69, 9.17) is 13.9 Å². The number of imide groups is 1. The molecule has 0 spiro atoms. The Morgan fingerprint density at radius 3 is 2.66 bits per heavy atom. The van der Waals surface area contributed by atoms with E-state index in [9.17, 15) is 19.2 Å². The van der Waals surface area contributed by atoms with Crippen LogP contribution in [0.5, 0.6) is 5.75 Å². The van der Waals surface area contributed by atoms with Crippen molar-refractivity contribution in [2.45, 2.75) is 33.1 Å². The van der Waals surface area contributed by atoms with Gasteiger partial charge < -0.3 is 19.2 Å². The topological polar surface area (TPSA) is 124 Å². The van der Waals surface area contributed by atoms with E-state index in [0.29, 0.717) is 29.0 Å². The van der Waals surface area contributed by atoms with Crippen molar-refractivity contribution in [3.05, 3.63) is 39.7 Å². The van der Waals surface area contributed by atoms with E-state index in [0.717, 1.165) is 11.8 Å². The summed E-state index contributed by atoms with van der Waals surface area (Å²) in [7, 11) is 1.52. The van der Waals surface area contributed by atoms with Gasteiger partial charge in [0.05, 0.1) is 7.11 Å². The molecule has 29 heavy (non-hydrogen) atoms. The summed E-state index contributed by atoms with van der Waals surface area (Å²) in [4.78, 5) is 47.1. The van der Waals surface area contributed by atoms with Crippen molar-refractivity contribution in [1.29, 1.82) is 0 Å². The zero-order valence-electron chi connectivity index (χ0n) is 16.6. The van der Waals surface area contributed by atoms with Gasteiger partial charge in [-0.25, -0.2) is 9.59 Å². The smallest absolute Gasteiger partial charge is 0.339 e. The zero-order valence-corrected chi connectivity index (χ0v) is 16.6. The molecule has 0 saturated heterocycles. The maximum Gasteiger partial charge on any atom is 0.339 e. The molecule has 156 valence electrons. The van der Waals surface area contributed by atoms with E-state index in [-0.39, 0.29) is 12.8 Å². The number of hydrogen-bond acceptors (Lipinski definition) is 7. The molecule has 0 bridgehead atoms. The van der Waals surface area contributed by atoms with Crippen molar-refractivity contribution >= 4 is 28.9 Å². The first-order valence-corrected chi connectivity index (χ1v) is 9.19. The molecule has 3 amide bonds. The van der Waals surface area contributed by atoms with Crippen molar-refractivity contribution in [2.75, 3.05) is 20.3 Å². The minimum Gasteiger partial charge on any atom is -0.497 e. The number of hydrogen-bond donors (Lipinski definition) is 2. The van der Waals surface area contributed by atoms with Crippen molar-refractivity contribution in [2.24, 2.45) is 0 Å². The summed E-state index contributed by atoms with van der Waals surface area (Å²) in [6.45, 7) is 3.50. The average Bonchev–Trinajstić information content (AvgIpc) is 2.70. The van der Waals surface area contributed by atoms with Gasteiger partial charge in [0.2, 0.25) is 0 Å². The normalized spacial score (nSPS) is 10.4. The molecule has 0 radical (unpaired) electrons. The first-order valence-electron chi connectivity index (χ1n) is 9.19. The van der Waals surface area contributed by atoms with Gasteiger partial charge in [-0.1, -0.05) is 6.92 Å². The maximum absolute atomic E-state index is 12.3. The molecular formula is C20H24N2O7. The molecule has 1 aromatic carbocycles. The van der Waals surface area contributed by atoms with E-state index in [1.165, 1.54) is 7.11 Å². The highest BCUT2D eigenvalue weighted by Gasteiger charge is 2.15. The van der Waals surface area contributed by atoms with Gasteiger partial charge in [-0.3, -0.25) is 14.9 Å². The lowest BCUT2D eigenvalue weighted by atomic mass is 10.0. The molecule has 0 unspecified atom stereocenters. The van der Waals surface area contributed by atoms with Crippen LogP contribution >= 0.6 is 0 Å². The second kappa shape index (κ2) is 10.3. The largest absolute Gasteiger partial charge is 0.497 e. The van der Waals surface area contributed by atoms with Gasteiger partial charge in [-0.15, -0.1) is 0 Å². The molecule has 0 fully saturated rings. The standard InChI is InChI=1S/C20H24N2O7/c1-4-9-21-20(26)22-17(23)11-28-18(24)8-7-15-12(2)14-6-5-13(27-3)10-16(14)29-19(15)25/h5-6,10H,4,7-9,11H2,1-3H3,(H2,21,22,23,26). The molecule has 1 aromatic heterocycles. The van der Waals surface area contributed by atoms with Crippen molar-refractivity contribution in [3.63, 3.8) is 0 Å². The third kappa shape index (κ3) is 6.06. The van der Waals surface area contributed by atoms with Crippen LogP contribution in [0.1, 0.15) is 30.9 Å². The highest BCUT2D eigenvalue weighted by Crippen LogP contribution is 2.24. The Kier molecular flexibility index (Phi) is 7.76. The number of carbonyl (C=O) groups excluding carboxylic acids is 3. The van der Waals surface area contributed by atoms with Gasteiger partial charge in [-0.2, -0.15) is 0 Å². The fraction of sp³-hybridized carbons (Fsp3) is 0.400. The van der Waals surface area contributed by atoms with Crippen LogP contribution in [0, 0.1) is 6.92 Å². The molecule has 0 aliphatic carbocycles. The Hall–Kier alpha value is -3.36. The summed E-state index contributed by atoms with van der Waals surface area (Å²) >= 11 is 0. The minimum absolute atomic E-state index is 0.105. The Labute approximate surface area is 167 Å². The lowest BCUT2D eigenvalue weighted by Gasteiger charge is -2.09. The van der Waals surface area contributed by atoms with E-state index in [2.05, 4.69) is 10.6 Å². The first kappa shape index (κ1) is 21.9. The fourth-order valence-corrected chi connectivity index (χ4v) is 2.68. The number of aryl methyl sites for hydroxylation is 1. The van der Waals surface area contributed by atoms with Gasteiger partial charge in [0.1, 0.15) is 11.3 Å². The van der Waals surface area contributed by atoms with Crippen LogP contribution < -0.4 is 21.0 Å². The number of ether oxygens (including phenoxy) is 2. The van der Waals surface area contributed by atoms with E-state index in [1.807, 2.05) is 6.92 Å². The average molecular weight is 404 g/mol. The Morgan fingerprint density at radius 2 is 1.97 bits per heavy atom. The summed E-state index contributed by atoms with van der Waals surface area (Å²) < 4.78 is 15.3. The Balaban J connectivity index is 1.93. The summed E-state index contributed by atoms with van der Waals surface area (Å²) in [6.07, 6.45) is 0.725. The summed E-state index contributed by atoms with van der Waals surface area (Å²) in [5.74, 6) is -0.830. The number of fused-ring (bicyclic) bond motifs is 1. The monoisotopic (exact) mass is 404 g/mol. The maximum atomic E-state index is 12.3. The third-order valence-corrected chi connectivity index (χ3v) is 4.23. The van der Waals surface area contributed by atoms with Crippen LogP contribution in [0.15, 0.2) is 27.4 Å². The number of esters is 1. The Morgan fingerprint density at radius 1 is 1.21 bits per heavy atom. The van der Waals surface area contributed by atoms with Gasteiger partial charge in [0.25, 0.3) is 5.91 Å². The van der Waals surface area contributed by atoms with Crippen LogP contribution in [0.2, 0.25) is 0 Å². The lowest BCUT2D eigenvalue weighted by molar-refractivity contribution is -0.148. The molecule has 0 saturated carbocycles. The van der Waals surface area contributed by atoms with Crippen LogP contribution in [0.3, 0.4) is 0 Å². The van der Waals surface area contributed by atoms with Crippen LogP contribution in [0.4, 0.5) is 4.79 Å². The second-order valence-corrected chi connectivity index (χ2v) is 6.32. The fourth-order valence-electron chi connectivity index (χ4n) is 2.68. The van der Waals surface area contributed by atoms with Crippen molar-refractivity contribution < 1.29 is 28.3 Å². The summed E-state index contributed by atoms with van der Waals surface area (Å²) in [5, 5.41) is 5.26. The van der Waals surface area contributed by atoms with Crippen molar-refractivity contribution in [3.8, 4) is 5.75 Å². The molecule has 2 rings (SSSR count). The predicted molar refractivity (Wildman–Crippen MR) is 105 cm³/mol. The van der Waals surface area contributed by atoms with Gasteiger partial charge in [-0.05, 0) is 37.5 Å². The number of methoxy groups -OCH3 is 1.